The molecule has 0 amide bonds. The van der Waals surface area contributed by atoms with Gasteiger partial charge in [-0.25, -0.2) is 4.98 Å². The van der Waals surface area contributed by atoms with Crippen molar-refractivity contribution in [3.63, 3.8) is 0 Å². The zero-order chi connectivity index (χ0) is 11.9. The van der Waals surface area contributed by atoms with Gasteiger partial charge >= 0.3 is 0 Å². The minimum Gasteiger partial charge on any atom is -0.441 e. The fraction of sp³-hybridized carbons (Fsp3) is 0. The zero-order valence-corrected chi connectivity index (χ0v) is 8.73. The van der Waals surface area contributed by atoms with Gasteiger partial charge < -0.3 is 8.83 Å². The molecule has 0 saturated carbocycles. The lowest BCUT2D eigenvalue weighted by Crippen LogP contribution is -1.91. The summed E-state index contributed by atoms with van der Waals surface area (Å²) in [6.45, 7) is 0. The molecule has 4 aromatic heterocycles. The highest BCUT2D eigenvalue weighted by Crippen LogP contribution is 2.29. The number of hydrogen-bond donors (Lipinski definition) is 0. The number of aromatic nitrogens is 6. The monoisotopic (exact) mass is 239 g/mol. The smallest absolute Gasteiger partial charge is 0.286 e. The Kier molecular flexibility index (Phi) is 1.68. The first-order chi connectivity index (χ1) is 8.93. The molecule has 4 rings (SSSR count). The maximum atomic E-state index is 5.29. The second kappa shape index (κ2) is 3.29. The molecule has 1 radical (unpaired) electrons. The Morgan fingerprint density at radius 3 is 3.00 bits per heavy atom. The van der Waals surface area contributed by atoms with E-state index in [1.54, 1.807) is 0 Å². The summed E-state index contributed by atoms with van der Waals surface area (Å²) in [4.78, 5) is 7.83. The third-order valence-electron chi connectivity index (χ3n) is 2.49. The van der Waals surface area contributed by atoms with E-state index >= 15 is 0 Å². The summed E-state index contributed by atoms with van der Waals surface area (Å²) in [6.07, 6.45) is 6.72. The summed E-state index contributed by atoms with van der Waals surface area (Å²) >= 11 is 0. The predicted molar refractivity (Wildman–Crippen MR) is 57.0 cm³/mol. The Morgan fingerprint density at radius 2 is 2.00 bits per heavy atom. The van der Waals surface area contributed by atoms with Crippen molar-refractivity contribution in [1.82, 2.24) is 30.4 Å². The van der Waals surface area contributed by atoms with Gasteiger partial charge in [0.2, 0.25) is 5.65 Å². The van der Waals surface area contributed by atoms with Crippen LogP contribution in [0.2, 0.25) is 0 Å². The van der Waals surface area contributed by atoms with Crippen molar-refractivity contribution in [3.8, 4) is 11.3 Å². The molecule has 4 heterocycles. The summed E-state index contributed by atoms with van der Waals surface area (Å²) in [5, 5.41) is 15.5. The van der Waals surface area contributed by atoms with Gasteiger partial charge in [-0.2, -0.15) is 15.2 Å². The highest BCUT2D eigenvalue weighted by molar-refractivity contribution is 5.94. The molecule has 85 valence electrons. The minimum atomic E-state index is 0.353. The van der Waals surface area contributed by atoms with Crippen LogP contribution in [-0.2, 0) is 0 Å². The van der Waals surface area contributed by atoms with Crippen molar-refractivity contribution in [1.29, 1.82) is 0 Å². The highest BCUT2D eigenvalue weighted by atomic mass is 16.3. The molecule has 0 N–H and O–H groups in total. The Balaban J connectivity index is 2.13. The van der Waals surface area contributed by atoms with E-state index in [0.29, 0.717) is 33.6 Å². The van der Waals surface area contributed by atoms with Crippen molar-refractivity contribution in [2.75, 3.05) is 0 Å². The van der Waals surface area contributed by atoms with Gasteiger partial charge in [0.1, 0.15) is 11.2 Å². The summed E-state index contributed by atoms with van der Waals surface area (Å²) < 4.78 is 10.5. The fourth-order valence-corrected chi connectivity index (χ4v) is 1.71. The number of hydrogen-bond acceptors (Lipinski definition) is 8. The largest absolute Gasteiger partial charge is 0.441 e. The quantitative estimate of drug-likeness (QED) is 0.484. The van der Waals surface area contributed by atoms with E-state index in [0.717, 1.165) is 0 Å². The molecule has 18 heavy (non-hydrogen) atoms. The van der Waals surface area contributed by atoms with Crippen LogP contribution in [0.4, 0.5) is 0 Å². The lowest BCUT2D eigenvalue weighted by atomic mass is 10.2. The van der Waals surface area contributed by atoms with E-state index in [4.69, 9.17) is 8.83 Å². The van der Waals surface area contributed by atoms with Gasteiger partial charge in [-0.1, -0.05) is 0 Å². The van der Waals surface area contributed by atoms with Crippen LogP contribution in [0.3, 0.4) is 0 Å². The Bertz CT molecular complexity index is 779. The molecule has 0 spiro atoms. The third kappa shape index (κ3) is 1.14. The normalized spacial score (nSPS) is 11.3. The molecule has 0 aliphatic carbocycles. The van der Waals surface area contributed by atoms with Gasteiger partial charge in [0.15, 0.2) is 17.6 Å². The first-order valence-corrected chi connectivity index (χ1v) is 4.97. The van der Waals surface area contributed by atoms with Gasteiger partial charge in [0.25, 0.3) is 6.39 Å². The molecule has 0 fully saturated rings. The molecule has 0 aromatic carbocycles. The van der Waals surface area contributed by atoms with Crippen LogP contribution < -0.4 is 0 Å². The van der Waals surface area contributed by atoms with Crippen molar-refractivity contribution in [2.45, 2.75) is 0 Å². The molecular weight excluding hydrogens is 236 g/mol. The molecular formula is C10H3N6O2. The first kappa shape index (κ1) is 9.16. The van der Waals surface area contributed by atoms with Crippen LogP contribution in [0, 0.1) is 6.39 Å². The Morgan fingerprint density at radius 1 is 1.06 bits per heavy atom. The molecule has 8 heteroatoms. The Labute approximate surface area is 98.7 Å². The molecule has 4 aromatic rings. The SMILES string of the molecule is [c]1nc2nncc(-c3nncc4ncoc34)c2o1. The molecule has 8 nitrogen and oxygen atoms in total. The van der Waals surface area contributed by atoms with Crippen LogP contribution >= 0.6 is 0 Å². The van der Waals surface area contributed by atoms with Crippen LogP contribution in [0.15, 0.2) is 27.6 Å². The van der Waals surface area contributed by atoms with E-state index in [2.05, 4.69) is 36.8 Å². The van der Waals surface area contributed by atoms with Crippen LogP contribution in [-0.4, -0.2) is 30.4 Å². The summed E-state index contributed by atoms with van der Waals surface area (Å²) in [7, 11) is 0. The zero-order valence-electron chi connectivity index (χ0n) is 8.73. The van der Waals surface area contributed by atoms with Crippen molar-refractivity contribution < 1.29 is 8.83 Å². The van der Waals surface area contributed by atoms with Gasteiger partial charge in [-0.05, 0) is 0 Å². The van der Waals surface area contributed by atoms with Crippen molar-refractivity contribution in [2.24, 2.45) is 0 Å². The van der Waals surface area contributed by atoms with Crippen LogP contribution in [0.1, 0.15) is 0 Å². The summed E-state index contributed by atoms with van der Waals surface area (Å²) in [6, 6.07) is 0. The number of nitrogens with zero attached hydrogens (tertiary/aromatic N) is 6. The van der Waals surface area contributed by atoms with E-state index < -0.39 is 0 Å². The fourth-order valence-electron chi connectivity index (χ4n) is 1.71. The van der Waals surface area contributed by atoms with E-state index in [1.165, 1.54) is 18.8 Å². The Hall–Kier alpha value is -2.90. The average Bonchev–Trinajstić information content (AvgIpc) is 3.06. The molecule has 0 bridgehead atoms. The van der Waals surface area contributed by atoms with E-state index in [9.17, 15) is 0 Å². The van der Waals surface area contributed by atoms with Gasteiger partial charge in [0.05, 0.1) is 18.0 Å². The van der Waals surface area contributed by atoms with Crippen molar-refractivity contribution >= 4 is 22.3 Å². The van der Waals surface area contributed by atoms with E-state index in [1.807, 2.05) is 0 Å². The van der Waals surface area contributed by atoms with Crippen LogP contribution in [0.5, 0.6) is 0 Å². The molecule has 0 aliphatic rings. The van der Waals surface area contributed by atoms with Gasteiger partial charge in [-0.3, -0.25) is 0 Å². The molecule has 0 atom stereocenters. The standard InChI is InChI=1S/C10H3N6O2/c1-5(8-10(16-13-1)12-4-17-8)7-9-6(2-14-15-7)11-3-18-9/h1-3H. The van der Waals surface area contributed by atoms with Crippen LogP contribution in [0.25, 0.3) is 33.6 Å². The van der Waals surface area contributed by atoms with Gasteiger partial charge in [0, 0.05) is 0 Å². The third-order valence-corrected chi connectivity index (χ3v) is 2.49. The molecule has 0 aliphatic heterocycles. The van der Waals surface area contributed by atoms with E-state index in [-0.39, 0.29) is 0 Å². The molecule has 0 saturated heterocycles. The minimum absolute atomic E-state index is 0.353. The second-order valence-corrected chi connectivity index (χ2v) is 3.48. The highest BCUT2D eigenvalue weighted by Gasteiger charge is 2.16. The number of rotatable bonds is 1. The summed E-state index contributed by atoms with van der Waals surface area (Å²) in [5.74, 6) is 0. The lowest BCUT2D eigenvalue weighted by Gasteiger charge is -1.98. The van der Waals surface area contributed by atoms with Crippen molar-refractivity contribution in [3.05, 3.63) is 25.2 Å². The second-order valence-electron chi connectivity index (χ2n) is 3.48. The molecule has 0 unspecified atom stereocenters. The number of oxazole rings is 2. The maximum absolute atomic E-state index is 5.29. The first-order valence-electron chi connectivity index (χ1n) is 4.97. The lowest BCUT2D eigenvalue weighted by molar-refractivity contribution is 0.589. The van der Waals surface area contributed by atoms with Gasteiger partial charge in [-0.15, -0.1) is 10.2 Å². The number of fused-ring (bicyclic) bond motifs is 2. The summed E-state index contributed by atoms with van der Waals surface area (Å²) in [5.41, 5.74) is 2.97. The maximum Gasteiger partial charge on any atom is 0.286 e. The topological polar surface area (TPSA) is 104 Å². The average molecular weight is 239 g/mol. The predicted octanol–water partition coefficient (Wildman–Crippen LogP) is 1.02.